The number of carboxylic acid groups (broad SMARTS) is 1. The average Bonchev–Trinajstić information content (AvgIpc) is 2.66. The van der Waals surface area contributed by atoms with Crippen molar-refractivity contribution < 1.29 is 14.6 Å². The second kappa shape index (κ2) is 9.46. The third-order valence-corrected chi connectivity index (χ3v) is 6.54. The standard InChI is InChI=1S/C20H28Cl2N2O3/c1-14(20(25)26)24-10-4-15(5-11-24)13-23-8-6-16(7-9-23)27-17-2-3-18(21)19(22)12-17/h2-3,12,14-16H,4-11,13H2,1H3,(H,25,26)/t14-/m1/s1. The van der Waals surface area contributed by atoms with E-state index in [1.807, 2.05) is 6.07 Å². The van der Waals surface area contributed by atoms with E-state index in [2.05, 4.69) is 9.80 Å². The molecule has 0 spiro atoms. The minimum absolute atomic E-state index is 0.219. The summed E-state index contributed by atoms with van der Waals surface area (Å²) in [6.45, 7) is 6.73. The summed E-state index contributed by atoms with van der Waals surface area (Å²) in [5.41, 5.74) is 0. The van der Waals surface area contributed by atoms with Gasteiger partial charge in [0.1, 0.15) is 17.9 Å². The Morgan fingerprint density at radius 2 is 1.81 bits per heavy atom. The van der Waals surface area contributed by atoms with Crippen molar-refractivity contribution in [3.8, 4) is 5.75 Å². The van der Waals surface area contributed by atoms with Crippen molar-refractivity contribution >= 4 is 29.2 Å². The highest BCUT2D eigenvalue weighted by molar-refractivity contribution is 6.42. The Morgan fingerprint density at radius 1 is 1.15 bits per heavy atom. The van der Waals surface area contributed by atoms with Gasteiger partial charge in [-0.2, -0.15) is 0 Å². The molecule has 2 saturated heterocycles. The molecule has 0 bridgehead atoms. The average molecular weight is 415 g/mol. The highest BCUT2D eigenvalue weighted by atomic mass is 35.5. The Kier molecular flexibility index (Phi) is 7.26. The molecular formula is C20H28Cl2N2O3. The van der Waals surface area contributed by atoms with Gasteiger partial charge in [-0.3, -0.25) is 9.69 Å². The fraction of sp³-hybridized carbons (Fsp3) is 0.650. The topological polar surface area (TPSA) is 53.0 Å². The van der Waals surface area contributed by atoms with Crippen molar-refractivity contribution in [3.63, 3.8) is 0 Å². The lowest BCUT2D eigenvalue weighted by Crippen LogP contribution is -2.47. The summed E-state index contributed by atoms with van der Waals surface area (Å²) in [5, 5.41) is 10.2. The first-order chi connectivity index (χ1) is 12.9. The first-order valence-corrected chi connectivity index (χ1v) is 10.5. The van der Waals surface area contributed by atoms with Crippen LogP contribution in [0, 0.1) is 5.92 Å². The number of rotatable bonds is 6. The number of nitrogens with zero attached hydrogens (tertiary/aromatic N) is 2. The van der Waals surface area contributed by atoms with E-state index < -0.39 is 5.97 Å². The fourth-order valence-electron chi connectivity index (χ4n) is 4.00. The van der Waals surface area contributed by atoms with Gasteiger partial charge < -0.3 is 14.7 Å². The molecule has 0 radical (unpaired) electrons. The highest BCUT2D eigenvalue weighted by Crippen LogP contribution is 2.28. The van der Waals surface area contributed by atoms with Gasteiger partial charge in [0, 0.05) is 25.7 Å². The van der Waals surface area contributed by atoms with Crippen molar-refractivity contribution in [3.05, 3.63) is 28.2 Å². The lowest BCUT2D eigenvalue weighted by Gasteiger charge is -2.38. The summed E-state index contributed by atoms with van der Waals surface area (Å²) in [4.78, 5) is 15.7. The summed E-state index contributed by atoms with van der Waals surface area (Å²) in [6, 6.07) is 5.04. The summed E-state index contributed by atoms with van der Waals surface area (Å²) in [5.74, 6) is 0.718. The van der Waals surface area contributed by atoms with Crippen molar-refractivity contribution in [2.45, 2.75) is 44.8 Å². The van der Waals surface area contributed by atoms with Crippen LogP contribution >= 0.6 is 23.2 Å². The maximum absolute atomic E-state index is 11.1. The van der Waals surface area contributed by atoms with Crippen LogP contribution in [0.4, 0.5) is 0 Å². The Morgan fingerprint density at radius 3 is 2.41 bits per heavy atom. The molecule has 0 aliphatic carbocycles. The van der Waals surface area contributed by atoms with Crippen molar-refractivity contribution in [1.29, 1.82) is 0 Å². The smallest absolute Gasteiger partial charge is 0.320 e. The van der Waals surface area contributed by atoms with Gasteiger partial charge in [0.05, 0.1) is 10.0 Å². The third kappa shape index (κ3) is 5.74. The van der Waals surface area contributed by atoms with Crippen LogP contribution in [0.2, 0.25) is 10.0 Å². The number of halogens is 2. The van der Waals surface area contributed by atoms with Crippen LogP contribution in [0.25, 0.3) is 0 Å². The number of aliphatic carboxylic acids is 1. The summed E-state index contributed by atoms with van der Waals surface area (Å²) >= 11 is 12.0. The van der Waals surface area contributed by atoms with Gasteiger partial charge in [0.2, 0.25) is 0 Å². The van der Waals surface area contributed by atoms with Crippen molar-refractivity contribution in [2.24, 2.45) is 5.92 Å². The highest BCUT2D eigenvalue weighted by Gasteiger charge is 2.28. The number of ether oxygens (including phenoxy) is 1. The minimum atomic E-state index is -0.725. The van der Waals surface area contributed by atoms with E-state index >= 15 is 0 Å². The molecule has 0 aromatic heterocycles. The predicted octanol–water partition coefficient (Wildman–Crippen LogP) is 4.02. The first-order valence-electron chi connectivity index (χ1n) is 9.73. The number of hydrogen-bond donors (Lipinski definition) is 1. The van der Waals surface area contributed by atoms with Crippen LogP contribution in [-0.4, -0.2) is 65.7 Å². The zero-order valence-corrected chi connectivity index (χ0v) is 17.3. The van der Waals surface area contributed by atoms with Crippen LogP contribution in [0.1, 0.15) is 32.6 Å². The molecule has 7 heteroatoms. The van der Waals surface area contributed by atoms with Crippen LogP contribution in [-0.2, 0) is 4.79 Å². The minimum Gasteiger partial charge on any atom is -0.490 e. The van der Waals surface area contributed by atoms with Gasteiger partial charge in [-0.15, -0.1) is 0 Å². The lowest BCUT2D eigenvalue weighted by atomic mass is 9.94. The van der Waals surface area contributed by atoms with E-state index in [9.17, 15) is 4.79 Å². The Balaban J connectivity index is 1.38. The largest absolute Gasteiger partial charge is 0.490 e. The molecule has 0 saturated carbocycles. The SMILES string of the molecule is C[C@H](C(=O)O)N1CCC(CN2CCC(Oc3ccc(Cl)c(Cl)c3)CC2)CC1. The van der Waals surface area contributed by atoms with Crippen molar-refractivity contribution in [2.75, 3.05) is 32.7 Å². The Hall–Kier alpha value is -1.01. The molecule has 1 N–H and O–H groups in total. The Bertz CT molecular complexity index is 642. The molecular weight excluding hydrogens is 387 g/mol. The second-order valence-electron chi connectivity index (χ2n) is 7.69. The maximum atomic E-state index is 11.1. The molecule has 5 nitrogen and oxygen atoms in total. The number of carbonyl (C=O) groups is 1. The molecule has 0 amide bonds. The van der Waals surface area contributed by atoms with Crippen LogP contribution in [0.5, 0.6) is 5.75 Å². The van der Waals surface area contributed by atoms with E-state index in [1.165, 1.54) is 0 Å². The van der Waals surface area contributed by atoms with E-state index in [4.69, 9.17) is 33.0 Å². The van der Waals surface area contributed by atoms with Gasteiger partial charge in [-0.1, -0.05) is 23.2 Å². The lowest BCUT2D eigenvalue weighted by molar-refractivity contribution is -0.143. The van der Waals surface area contributed by atoms with E-state index in [-0.39, 0.29) is 12.1 Å². The number of hydrogen-bond acceptors (Lipinski definition) is 4. The first kappa shape index (κ1) is 20.7. The molecule has 27 heavy (non-hydrogen) atoms. The molecule has 150 valence electrons. The quantitative estimate of drug-likeness (QED) is 0.761. The Labute approximate surface area is 171 Å². The zero-order valence-electron chi connectivity index (χ0n) is 15.7. The second-order valence-corrected chi connectivity index (χ2v) is 8.50. The zero-order chi connectivity index (χ0) is 19.4. The molecule has 3 rings (SSSR count). The van der Waals surface area contributed by atoms with Gasteiger partial charge in [0.15, 0.2) is 0 Å². The van der Waals surface area contributed by atoms with Crippen LogP contribution in [0.3, 0.4) is 0 Å². The predicted molar refractivity (Wildman–Crippen MR) is 108 cm³/mol. The maximum Gasteiger partial charge on any atom is 0.320 e. The van der Waals surface area contributed by atoms with E-state index in [0.29, 0.717) is 16.0 Å². The normalized spacial score (nSPS) is 21.9. The fourth-order valence-corrected chi connectivity index (χ4v) is 4.28. The van der Waals surface area contributed by atoms with E-state index in [1.54, 1.807) is 19.1 Å². The van der Waals surface area contributed by atoms with Gasteiger partial charge >= 0.3 is 5.97 Å². The van der Waals surface area contributed by atoms with Crippen LogP contribution in [0.15, 0.2) is 18.2 Å². The monoisotopic (exact) mass is 414 g/mol. The summed E-state index contributed by atoms with van der Waals surface area (Å²) < 4.78 is 6.06. The molecule has 2 fully saturated rings. The van der Waals surface area contributed by atoms with Gasteiger partial charge in [-0.25, -0.2) is 0 Å². The summed E-state index contributed by atoms with van der Waals surface area (Å²) in [6.07, 6.45) is 4.40. The van der Waals surface area contributed by atoms with Gasteiger partial charge in [-0.05, 0) is 63.7 Å². The number of benzene rings is 1. The number of carboxylic acids is 1. The van der Waals surface area contributed by atoms with E-state index in [0.717, 1.165) is 64.2 Å². The molecule has 1 atom stereocenters. The van der Waals surface area contributed by atoms with Gasteiger partial charge in [0.25, 0.3) is 0 Å². The number of piperidine rings is 2. The molecule has 2 heterocycles. The van der Waals surface area contributed by atoms with Crippen LogP contribution < -0.4 is 4.74 Å². The third-order valence-electron chi connectivity index (χ3n) is 5.80. The van der Waals surface area contributed by atoms with Crippen molar-refractivity contribution in [1.82, 2.24) is 9.80 Å². The molecule has 1 aromatic rings. The number of likely N-dealkylation sites (tertiary alicyclic amines) is 2. The summed E-state index contributed by atoms with van der Waals surface area (Å²) in [7, 11) is 0. The molecule has 0 unspecified atom stereocenters. The molecule has 2 aliphatic heterocycles. The molecule has 1 aromatic carbocycles. The molecule has 2 aliphatic rings.